The molecular formula is C12H17N3O. The number of rotatable bonds is 5. The number of nitrogens with one attached hydrogen (secondary N) is 2. The average molecular weight is 219 g/mol. The zero-order valence-electron chi connectivity index (χ0n) is 9.71. The zero-order valence-corrected chi connectivity index (χ0v) is 9.71. The normalized spacial score (nSPS) is 10.9. The lowest BCUT2D eigenvalue weighted by Crippen LogP contribution is -2.12. The standard InChI is InChI=1S/C12H17N3O/c1-9-15-11-8-10(4-5-12(11)16-9)14-7-3-6-13-2/h4-5,8,13-14H,3,6-7H2,1-2H3. The first-order valence-electron chi connectivity index (χ1n) is 5.55. The van der Waals surface area contributed by atoms with Crippen LogP contribution in [0.5, 0.6) is 0 Å². The SMILES string of the molecule is CNCCCNc1ccc2oc(C)nc2c1. The van der Waals surface area contributed by atoms with E-state index in [1.807, 2.05) is 32.2 Å². The quantitative estimate of drug-likeness (QED) is 0.757. The lowest BCUT2D eigenvalue weighted by atomic mass is 10.3. The molecule has 2 N–H and O–H groups in total. The largest absolute Gasteiger partial charge is 0.441 e. The number of anilines is 1. The first-order valence-corrected chi connectivity index (χ1v) is 5.55. The minimum atomic E-state index is 0.710. The number of hydrogen-bond acceptors (Lipinski definition) is 4. The Hall–Kier alpha value is -1.55. The van der Waals surface area contributed by atoms with Crippen LogP contribution in [0.4, 0.5) is 5.69 Å². The fourth-order valence-corrected chi connectivity index (χ4v) is 1.65. The maximum atomic E-state index is 5.42. The Morgan fingerprint density at radius 1 is 1.31 bits per heavy atom. The maximum Gasteiger partial charge on any atom is 0.192 e. The molecule has 1 heterocycles. The van der Waals surface area contributed by atoms with Crippen molar-refractivity contribution in [3.8, 4) is 0 Å². The number of fused-ring (bicyclic) bond motifs is 1. The van der Waals surface area contributed by atoms with Crippen LogP contribution in [0.25, 0.3) is 11.1 Å². The fraction of sp³-hybridized carbons (Fsp3) is 0.417. The maximum absolute atomic E-state index is 5.42. The molecule has 4 heteroatoms. The Kier molecular flexibility index (Phi) is 3.41. The third-order valence-electron chi connectivity index (χ3n) is 2.43. The molecule has 0 fully saturated rings. The van der Waals surface area contributed by atoms with E-state index < -0.39 is 0 Å². The van der Waals surface area contributed by atoms with Gasteiger partial charge in [0.05, 0.1) is 0 Å². The van der Waals surface area contributed by atoms with Crippen molar-refractivity contribution in [2.24, 2.45) is 0 Å². The van der Waals surface area contributed by atoms with Gasteiger partial charge < -0.3 is 15.1 Å². The number of aromatic nitrogens is 1. The monoisotopic (exact) mass is 219 g/mol. The van der Waals surface area contributed by atoms with E-state index in [0.717, 1.165) is 36.3 Å². The fourth-order valence-electron chi connectivity index (χ4n) is 1.65. The van der Waals surface area contributed by atoms with E-state index in [0.29, 0.717) is 5.89 Å². The first kappa shape index (κ1) is 11.0. The van der Waals surface area contributed by atoms with Crippen LogP contribution in [-0.4, -0.2) is 25.1 Å². The van der Waals surface area contributed by atoms with Gasteiger partial charge in [-0.05, 0) is 38.2 Å². The van der Waals surface area contributed by atoms with E-state index >= 15 is 0 Å². The number of hydrogen-bond donors (Lipinski definition) is 2. The summed E-state index contributed by atoms with van der Waals surface area (Å²) in [4.78, 5) is 4.30. The molecule has 0 bridgehead atoms. The zero-order chi connectivity index (χ0) is 11.4. The van der Waals surface area contributed by atoms with Crippen LogP contribution in [0.15, 0.2) is 22.6 Å². The molecule has 2 aromatic rings. The van der Waals surface area contributed by atoms with Gasteiger partial charge in [0, 0.05) is 19.2 Å². The van der Waals surface area contributed by atoms with Crippen LogP contribution in [0.2, 0.25) is 0 Å². The second-order valence-electron chi connectivity index (χ2n) is 3.80. The number of nitrogens with zero attached hydrogens (tertiary/aromatic N) is 1. The van der Waals surface area contributed by atoms with Crippen molar-refractivity contribution in [2.75, 3.05) is 25.5 Å². The van der Waals surface area contributed by atoms with Gasteiger partial charge in [0.15, 0.2) is 11.5 Å². The average Bonchev–Trinajstić information content (AvgIpc) is 2.64. The minimum Gasteiger partial charge on any atom is -0.441 e. The molecule has 1 aromatic heterocycles. The summed E-state index contributed by atoms with van der Waals surface area (Å²) in [5, 5.41) is 6.48. The van der Waals surface area contributed by atoms with Crippen molar-refractivity contribution in [2.45, 2.75) is 13.3 Å². The summed E-state index contributed by atoms with van der Waals surface area (Å²) in [6, 6.07) is 5.99. The Morgan fingerprint density at radius 3 is 3.00 bits per heavy atom. The van der Waals surface area contributed by atoms with Crippen LogP contribution in [0.3, 0.4) is 0 Å². The van der Waals surface area contributed by atoms with Crippen LogP contribution in [0.1, 0.15) is 12.3 Å². The summed E-state index contributed by atoms with van der Waals surface area (Å²) in [5.41, 5.74) is 2.85. The van der Waals surface area contributed by atoms with Gasteiger partial charge in [0.2, 0.25) is 0 Å². The van der Waals surface area contributed by atoms with Crippen molar-refractivity contribution >= 4 is 16.8 Å². The first-order chi connectivity index (χ1) is 7.79. The van der Waals surface area contributed by atoms with Gasteiger partial charge in [0.1, 0.15) is 5.52 Å². The van der Waals surface area contributed by atoms with Crippen molar-refractivity contribution in [1.29, 1.82) is 0 Å². The van der Waals surface area contributed by atoms with Gasteiger partial charge in [-0.1, -0.05) is 0 Å². The molecular weight excluding hydrogens is 202 g/mol. The number of aryl methyl sites for hydroxylation is 1. The Labute approximate surface area is 95.1 Å². The minimum absolute atomic E-state index is 0.710. The summed E-state index contributed by atoms with van der Waals surface area (Å²) in [6.45, 7) is 3.85. The molecule has 0 aliphatic rings. The molecule has 0 saturated carbocycles. The molecule has 0 aliphatic heterocycles. The molecule has 0 aliphatic carbocycles. The van der Waals surface area contributed by atoms with Crippen molar-refractivity contribution < 1.29 is 4.42 Å². The lowest BCUT2D eigenvalue weighted by Gasteiger charge is -2.05. The second-order valence-corrected chi connectivity index (χ2v) is 3.80. The summed E-state index contributed by atoms with van der Waals surface area (Å²) in [5.74, 6) is 0.710. The van der Waals surface area contributed by atoms with Gasteiger partial charge in [0.25, 0.3) is 0 Å². The molecule has 1 aromatic carbocycles. The molecule has 16 heavy (non-hydrogen) atoms. The van der Waals surface area contributed by atoms with E-state index in [1.165, 1.54) is 0 Å². The summed E-state index contributed by atoms with van der Waals surface area (Å²) < 4.78 is 5.42. The number of oxazole rings is 1. The summed E-state index contributed by atoms with van der Waals surface area (Å²) in [7, 11) is 1.96. The van der Waals surface area contributed by atoms with E-state index in [9.17, 15) is 0 Å². The molecule has 0 amide bonds. The smallest absolute Gasteiger partial charge is 0.192 e. The molecule has 0 saturated heterocycles. The topological polar surface area (TPSA) is 50.1 Å². The molecule has 2 rings (SSSR count). The highest BCUT2D eigenvalue weighted by molar-refractivity contribution is 5.77. The highest BCUT2D eigenvalue weighted by atomic mass is 16.3. The van der Waals surface area contributed by atoms with Crippen molar-refractivity contribution in [3.05, 3.63) is 24.1 Å². The van der Waals surface area contributed by atoms with E-state index in [1.54, 1.807) is 0 Å². The van der Waals surface area contributed by atoms with E-state index in [4.69, 9.17) is 4.42 Å². The van der Waals surface area contributed by atoms with Crippen LogP contribution < -0.4 is 10.6 Å². The Bertz CT molecular complexity index is 464. The summed E-state index contributed by atoms with van der Waals surface area (Å²) >= 11 is 0. The third kappa shape index (κ3) is 2.52. The molecule has 86 valence electrons. The van der Waals surface area contributed by atoms with Crippen LogP contribution in [0, 0.1) is 6.92 Å². The Balaban J connectivity index is 2.02. The second kappa shape index (κ2) is 4.99. The van der Waals surface area contributed by atoms with E-state index in [2.05, 4.69) is 15.6 Å². The summed E-state index contributed by atoms with van der Waals surface area (Å²) in [6.07, 6.45) is 1.10. The molecule has 0 unspecified atom stereocenters. The molecule has 4 nitrogen and oxygen atoms in total. The predicted molar refractivity (Wildman–Crippen MR) is 65.8 cm³/mol. The molecule has 0 radical (unpaired) electrons. The van der Waals surface area contributed by atoms with Crippen molar-refractivity contribution in [3.63, 3.8) is 0 Å². The number of benzene rings is 1. The lowest BCUT2D eigenvalue weighted by molar-refractivity contribution is 0.561. The molecule has 0 spiro atoms. The predicted octanol–water partition coefficient (Wildman–Crippen LogP) is 2.16. The van der Waals surface area contributed by atoms with Crippen LogP contribution >= 0.6 is 0 Å². The van der Waals surface area contributed by atoms with Gasteiger partial charge in [-0.15, -0.1) is 0 Å². The van der Waals surface area contributed by atoms with Gasteiger partial charge in [-0.3, -0.25) is 0 Å². The van der Waals surface area contributed by atoms with Crippen LogP contribution in [-0.2, 0) is 0 Å². The van der Waals surface area contributed by atoms with Gasteiger partial charge in [-0.25, -0.2) is 4.98 Å². The highest BCUT2D eigenvalue weighted by Crippen LogP contribution is 2.19. The third-order valence-corrected chi connectivity index (χ3v) is 2.43. The Morgan fingerprint density at radius 2 is 2.19 bits per heavy atom. The van der Waals surface area contributed by atoms with Crippen molar-refractivity contribution in [1.82, 2.24) is 10.3 Å². The highest BCUT2D eigenvalue weighted by Gasteiger charge is 2.02. The van der Waals surface area contributed by atoms with E-state index in [-0.39, 0.29) is 0 Å². The molecule has 0 atom stereocenters. The van der Waals surface area contributed by atoms with Gasteiger partial charge in [-0.2, -0.15) is 0 Å². The van der Waals surface area contributed by atoms with Gasteiger partial charge >= 0.3 is 0 Å².